The average molecular weight is 421 g/mol. The quantitative estimate of drug-likeness (QED) is 0.297. The molecule has 1 aromatic heterocycles. The highest BCUT2D eigenvalue weighted by Crippen LogP contribution is 2.39. The fourth-order valence-corrected chi connectivity index (χ4v) is 5.29. The molecule has 0 N–H and O–H groups in total. The summed E-state index contributed by atoms with van der Waals surface area (Å²) in [5.41, 5.74) is 9.39. The molecule has 3 heteroatoms. The highest BCUT2D eigenvalue weighted by molar-refractivity contribution is 6.91. The minimum absolute atomic E-state index is 0.0524. The van der Waals surface area contributed by atoms with Gasteiger partial charge in [-0.1, -0.05) is 91.0 Å². The van der Waals surface area contributed by atoms with E-state index >= 15 is 0 Å². The number of nitrogens with zero attached hydrogens (tertiary/aromatic N) is 1. The Morgan fingerprint density at radius 1 is 0.545 bits per heavy atom. The molecular weight excluding hydrogens is 401 g/mol. The van der Waals surface area contributed by atoms with Gasteiger partial charge in [-0.3, -0.25) is 0 Å². The summed E-state index contributed by atoms with van der Waals surface area (Å²) in [5.74, 6) is 0. The molecule has 0 atom stereocenters. The molecule has 0 radical (unpaired) electrons. The Kier molecular flexibility index (Phi) is 3.97. The lowest BCUT2D eigenvalue weighted by molar-refractivity contribution is 0.669. The third kappa shape index (κ3) is 2.76. The molecule has 2 nitrogen and oxygen atoms in total. The van der Waals surface area contributed by atoms with Crippen molar-refractivity contribution in [1.29, 1.82) is 0 Å². The molecule has 0 bridgehead atoms. The SMILES string of the molecule is c1ccc(N2B(c3ccc4oc5ccccc5c4c3)c3ccccc3-c3ccccc32)cc1. The summed E-state index contributed by atoms with van der Waals surface area (Å²) in [6.07, 6.45) is 0. The lowest BCUT2D eigenvalue weighted by Crippen LogP contribution is -2.57. The van der Waals surface area contributed by atoms with Gasteiger partial charge in [0.25, 0.3) is 0 Å². The second-order valence-electron chi connectivity index (χ2n) is 8.57. The lowest BCUT2D eigenvalue weighted by atomic mass is 9.45. The Morgan fingerprint density at radius 2 is 1.24 bits per heavy atom. The van der Waals surface area contributed by atoms with Crippen LogP contribution >= 0.6 is 0 Å². The maximum atomic E-state index is 6.12. The topological polar surface area (TPSA) is 16.4 Å². The van der Waals surface area contributed by atoms with Crippen LogP contribution in [0.5, 0.6) is 0 Å². The number of para-hydroxylation sites is 3. The minimum atomic E-state index is 0.0524. The first-order valence-electron chi connectivity index (χ1n) is 11.3. The van der Waals surface area contributed by atoms with Gasteiger partial charge >= 0.3 is 6.85 Å². The number of hydrogen-bond acceptors (Lipinski definition) is 2. The Balaban J connectivity index is 1.53. The zero-order valence-electron chi connectivity index (χ0n) is 18.0. The second-order valence-corrected chi connectivity index (χ2v) is 8.57. The van der Waals surface area contributed by atoms with E-state index in [9.17, 15) is 0 Å². The van der Waals surface area contributed by atoms with Gasteiger partial charge in [0.15, 0.2) is 0 Å². The van der Waals surface area contributed by atoms with Crippen molar-refractivity contribution >= 4 is 51.1 Å². The van der Waals surface area contributed by atoms with Gasteiger partial charge in [-0.15, -0.1) is 0 Å². The number of benzene rings is 5. The van der Waals surface area contributed by atoms with Gasteiger partial charge in [-0.25, -0.2) is 0 Å². The fourth-order valence-electron chi connectivity index (χ4n) is 5.29. The number of rotatable bonds is 2. The normalized spacial score (nSPS) is 12.7. The monoisotopic (exact) mass is 421 g/mol. The van der Waals surface area contributed by atoms with E-state index in [-0.39, 0.29) is 6.85 Å². The predicted octanol–water partition coefficient (Wildman–Crippen LogP) is 6.51. The van der Waals surface area contributed by atoms with Crippen LogP contribution < -0.4 is 15.7 Å². The maximum Gasteiger partial charge on any atom is 0.328 e. The van der Waals surface area contributed by atoms with Crippen molar-refractivity contribution in [2.75, 3.05) is 4.81 Å². The Bertz CT molecular complexity index is 1640. The highest BCUT2D eigenvalue weighted by Gasteiger charge is 2.36. The molecule has 7 rings (SSSR count). The van der Waals surface area contributed by atoms with E-state index < -0.39 is 0 Å². The third-order valence-electron chi connectivity index (χ3n) is 6.72. The molecule has 0 unspecified atom stereocenters. The summed E-state index contributed by atoms with van der Waals surface area (Å²) in [6, 6.07) is 43.2. The van der Waals surface area contributed by atoms with Gasteiger partial charge in [0.05, 0.1) is 0 Å². The molecule has 0 aliphatic carbocycles. The Morgan fingerprint density at radius 3 is 2.15 bits per heavy atom. The third-order valence-corrected chi connectivity index (χ3v) is 6.72. The standard InChI is InChI=1S/C30H20BNO/c1-2-10-22(11-3-1)32-28-16-8-5-13-24(28)23-12-4-7-15-27(23)31(32)21-18-19-30-26(20-21)25-14-6-9-17-29(25)33-30/h1-20H. The molecule has 0 spiro atoms. The second kappa shape index (κ2) is 7.14. The van der Waals surface area contributed by atoms with Crippen molar-refractivity contribution in [3.63, 3.8) is 0 Å². The lowest BCUT2D eigenvalue weighted by Gasteiger charge is -2.38. The highest BCUT2D eigenvalue weighted by atomic mass is 16.3. The van der Waals surface area contributed by atoms with E-state index in [1.165, 1.54) is 33.4 Å². The Hall–Kier alpha value is -4.24. The molecule has 1 aliphatic rings. The number of fused-ring (bicyclic) bond motifs is 6. The minimum Gasteiger partial charge on any atom is -0.456 e. The van der Waals surface area contributed by atoms with E-state index in [4.69, 9.17) is 4.42 Å². The van der Waals surface area contributed by atoms with E-state index in [0.29, 0.717) is 0 Å². The molecule has 1 aliphatic heterocycles. The number of hydrogen-bond donors (Lipinski definition) is 0. The van der Waals surface area contributed by atoms with E-state index in [2.05, 4.69) is 114 Å². The molecule has 5 aromatic carbocycles. The first kappa shape index (κ1) is 18.3. The molecule has 154 valence electrons. The van der Waals surface area contributed by atoms with Gasteiger partial charge in [0.2, 0.25) is 0 Å². The van der Waals surface area contributed by atoms with E-state index in [0.717, 1.165) is 21.9 Å². The summed E-state index contributed by atoms with van der Waals surface area (Å²) < 4.78 is 6.12. The largest absolute Gasteiger partial charge is 0.456 e. The molecule has 0 saturated heterocycles. The van der Waals surface area contributed by atoms with Crippen LogP contribution in [0.2, 0.25) is 0 Å². The first-order chi connectivity index (χ1) is 16.4. The predicted molar refractivity (Wildman–Crippen MR) is 139 cm³/mol. The zero-order valence-corrected chi connectivity index (χ0v) is 18.0. The van der Waals surface area contributed by atoms with Crippen LogP contribution in [-0.2, 0) is 0 Å². The summed E-state index contributed by atoms with van der Waals surface area (Å²) >= 11 is 0. The van der Waals surface area contributed by atoms with Gasteiger partial charge in [0, 0.05) is 27.7 Å². The molecule has 0 fully saturated rings. The maximum absolute atomic E-state index is 6.12. The van der Waals surface area contributed by atoms with Crippen molar-refractivity contribution in [1.82, 2.24) is 0 Å². The fraction of sp³-hybridized carbons (Fsp3) is 0. The van der Waals surface area contributed by atoms with Gasteiger partial charge in [-0.2, -0.15) is 0 Å². The molecule has 0 saturated carbocycles. The van der Waals surface area contributed by atoms with Crippen LogP contribution in [0.3, 0.4) is 0 Å². The van der Waals surface area contributed by atoms with E-state index in [1.807, 2.05) is 12.1 Å². The summed E-state index contributed by atoms with van der Waals surface area (Å²) in [4.78, 5) is 2.47. The van der Waals surface area contributed by atoms with Crippen LogP contribution in [-0.4, -0.2) is 6.85 Å². The first-order valence-corrected chi connectivity index (χ1v) is 11.3. The van der Waals surface area contributed by atoms with Gasteiger partial charge < -0.3 is 9.23 Å². The Labute approximate surface area is 192 Å². The summed E-state index contributed by atoms with van der Waals surface area (Å²) in [7, 11) is 0. The number of anilines is 2. The van der Waals surface area contributed by atoms with E-state index in [1.54, 1.807) is 0 Å². The van der Waals surface area contributed by atoms with Crippen LogP contribution in [0.15, 0.2) is 126 Å². The zero-order chi connectivity index (χ0) is 21.8. The summed E-state index contributed by atoms with van der Waals surface area (Å²) in [6.45, 7) is 0.0524. The van der Waals surface area contributed by atoms with Crippen molar-refractivity contribution in [2.24, 2.45) is 0 Å². The van der Waals surface area contributed by atoms with Crippen molar-refractivity contribution < 1.29 is 4.42 Å². The molecule has 33 heavy (non-hydrogen) atoms. The van der Waals surface area contributed by atoms with Crippen molar-refractivity contribution in [2.45, 2.75) is 0 Å². The van der Waals surface area contributed by atoms with Crippen molar-refractivity contribution in [3.05, 3.63) is 121 Å². The average Bonchev–Trinajstić information content (AvgIpc) is 3.26. The van der Waals surface area contributed by atoms with Crippen LogP contribution in [0, 0.1) is 0 Å². The molecular formula is C30H20BNO. The van der Waals surface area contributed by atoms with Gasteiger partial charge in [0.1, 0.15) is 11.2 Å². The van der Waals surface area contributed by atoms with Crippen molar-refractivity contribution in [3.8, 4) is 11.1 Å². The molecule has 6 aromatic rings. The smallest absolute Gasteiger partial charge is 0.328 e. The van der Waals surface area contributed by atoms with Crippen LogP contribution in [0.1, 0.15) is 0 Å². The van der Waals surface area contributed by atoms with Gasteiger partial charge in [-0.05, 0) is 46.8 Å². The molecule has 2 heterocycles. The number of furan rings is 1. The summed E-state index contributed by atoms with van der Waals surface area (Å²) in [5, 5.41) is 2.32. The molecule has 0 amide bonds. The van der Waals surface area contributed by atoms with Crippen LogP contribution in [0.4, 0.5) is 11.4 Å². The van der Waals surface area contributed by atoms with Crippen LogP contribution in [0.25, 0.3) is 33.1 Å².